The quantitative estimate of drug-likeness (QED) is 0.728. The molecule has 2 aromatic heterocycles. The van der Waals surface area contributed by atoms with Crippen LogP contribution in [0.4, 0.5) is 10.5 Å². The van der Waals surface area contributed by atoms with Crippen LogP contribution in [0.15, 0.2) is 59.7 Å². The summed E-state index contributed by atoms with van der Waals surface area (Å²) in [4.78, 5) is 14.7. The van der Waals surface area contributed by atoms with Gasteiger partial charge in [0.25, 0.3) is 0 Å². The summed E-state index contributed by atoms with van der Waals surface area (Å²) in [5, 5.41) is 10.6. The van der Waals surface area contributed by atoms with E-state index in [-0.39, 0.29) is 12.1 Å². The van der Waals surface area contributed by atoms with Gasteiger partial charge < -0.3 is 14.6 Å². The van der Waals surface area contributed by atoms with Crippen molar-refractivity contribution in [2.24, 2.45) is 5.92 Å². The van der Waals surface area contributed by atoms with Crippen molar-refractivity contribution in [3.05, 3.63) is 61.1 Å². The molecule has 0 saturated carbocycles. The molecule has 0 bridgehead atoms. The van der Waals surface area contributed by atoms with Crippen LogP contribution in [0.1, 0.15) is 26.5 Å². The van der Waals surface area contributed by atoms with E-state index in [9.17, 15) is 4.79 Å². The molecule has 0 aliphatic heterocycles. The SMILES string of the molecule is CC(C)[C@@H](C)N(Cc1ccco1)C(=O)Nc1cccc(-n2cnnc2)c1. The van der Waals surface area contributed by atoms with Crippen molar-refractivity contribution in [1.29, 1.82) is 0 Å². The first-order chi connectivity index (χ1) is 12.5. The molecule has 1 N–H and O–H groups in total. The number of urea groups is 1. The molecule has 0 aliphatic carbocycles. The minimum Gasteiger partial charge on any atom is -0.467 e. The third-order valence-electron chi connectivity index (χ3n) is 4.44. The molecule has 26 heavy (non-hydrogen) atoms. The fraction of sp³-hybridized carbons (Fsp3) is 0.316. The Labute approximate surface area is 152 Å². The minimum atomic E-state index is -0.163. The summed E-state index contributed by atoms with van der Waals surface area (Å²) >= 11 is 0. The van der Waals surface area contributed by atoms with Gasteiger partial charge in [-0.05, 0) is 43.2 Å². The van der Waals surface area contributed by atoms with E-state index >= 15 is 0 Å². The zero-order chi connectivity index (χ0) is 18.5. The standard InChI is InChI=1S/C19H23N5O2/c1-14(2)15(3)24(11-18-8-5-9-26-18)19(25)22-16-6-4-7-17(10-16)23-12-20-21-13-23/h4-10,12-15H,11H2,1-3H3,(H,22,25)/t15-/m1/s1. The molecule has 0 saturated heterocycles. The summed E-state index contributed by atoms with van der Waals surface area (Å²) in [6.07, 6.45) is 4.85. The number of benzene rings is 1. The number of hydrogen-bond acceptors (Lipinski definition) is 4. The van der Waals surface area contributed by atoms with Gasteiger partial charge in [-0.15, -0.1) is 10.2 Å². The average Bonchev–Trinajstić information content (AvgIpc) is 3.33. The highest BCUT2D eigenvalue weighted by Crippen LogP contribution is 2.19. The van der Waals surface area contributed by atoms with Crippen molar-refractivity contribution in [3.8, 4) is 5.69 Å². The largest absolute Gasteiger partial charge is 0.467 e. The maximum absolute atomic E-state index is 12.9. The van der Waals surface area contributed by atoms with E-state index in [0.717, 1.165) is 11.4 Å². The summed E-state index contributed by atoms with van der Waals surface area (Å²) in [7, 11) is 0. The van der Waals surface area contributed by atoms with Crippen LogP contribution in [0.3, 0.4) is 0 Å². The molecule has 1 aromatic carbocycles. The van der Waals surface area contributed by atoms with Crippen molar-refractivity contribution in [1.82, 2.24) is 19.7 Å². The maximum Gasteiger partial charge on any atom is 0.322 e. The Morgan fingerprint density at radius 1 is 1.19 bits per heavy atom. The second kappa shape index (κ2) is 7.86. The lowest BCUT2D eigenvalue weighted by molar-refractivity contribution is 0.163. The molecule has 0 radical (unpaired) electrons. The first-order valence-corrected chi connectivity index (χ1v) is 8.59. The third kappa shape index (κ3) is 4.11. The van der Waals surface area contributed by atoms with Crippen molar-refractivity contribution in [2.45, 2.75) is 33.4 Å². The van der Waals surface area contributed by atoms with Crippen LogP contribution < -0.4 is 5.32 Å². The Kier molecular flexibility index (Phi) is 5.36. The molecule has 2 heterocycles. The number of carbonyl (C=O) groups is 1. The average molecular weight is 353 g/mol. The topological polar surface area (TPSA) is 76.2 Å². The van der Waals surface area contributed by atoms with Gasteiger partial charge in [0.15, 0.2) is 0 Å². The van der Waals surface area contributed by atoms with Gasteiger partial charge >= 0.3 is 6.03 Å². The van der Waals surface area contributed by atoms with Crippen molar-refractivity contribution >= 4 is 11.7 Å². The Balaban J connectivity index is 1.78. The van der Waals surface area contributed by atoms with E-state index in [1.165, 1.54) is 0 Å². The summed E-state index contributed by atoms with van der Waals surface area (Å²) in [5.74, 6) is 1.07. The van der Waals surface area contributed by atoms with Gasteiger partial charge in [-0.25, -0.2) is 4.79 Å². The van der Waals surface area contributed by atoms with Crippen molar-refractivity contribution < 1.29 is 9.21 Å². The van der Waals surface area contributed by atoms with Crippen LogP contribution in [-0.2, 0) is 6.54 Å². The van der Waals surface area contributed by atoms with Gasteiger partial charge in [-0.2, -0.15) is 0 Å². The Hall–Kier alpha value is -3.09. The number of nitrogens with zero attached hydrogens (tertiary/aromatic N) is 4. The first-order valence-electron chi connectivity index (χ1n) is 8.59. The smallest absolute Gasteiger partial charge is 0.322 e. The molecule has 7 heteroatoms. The van der Waals surface area contributed by atoms with E-state index in [0.29, 0.717) is 18.2 Å². The lowest BCUT2D eigenvalue weighted by Crippen LogP contribution is -2.43. The van der Waals surface area contributed by atoms with Gasteiger partial charge in [0.05, 0.1) is 18.5 Å². The lowest BCUT2D eigenvalue weighted by Gasteiger charge is -2.31. The van der Waals surface area contributed by atoms with Crippen LogP contribution in [0.5, 0.6) is 0 Å². The Morgan fingerprint density at radius 2 is 1.96 bits per heavy atom. The van der Waals surface area contributed by atoms with E-state index in [2.05, 4.69) is 29.4 Å². The monoisotopic (exact) mass is 353 g/mol. The molecule has 136 valence electrons. The molecular weight excluding hydrogens is 330 g/mol. The van der Waals surface area contributed by atoms with Gasteiger partial charge in [-0.1, -0.05) is 19.9 Å². The highest BCUT2D eigenvalue weighted by Gasteiger charge is 2.24. The molecule has 3 aromatic rings. The highest BCUT2D eigenvalue weighted by atomic mass is 16.3. The number of anilines is 1. The second-order valence-electron chi connectivity index (χ2n) is 6.54. The molecule has 1 atom stereocenters. The van der Waals surface area contributed by atoms with Crippen molar-refractivity contribution in [3.63, 3.8) is 0 Å². The van der Waals surface area contributed by atoms with Crippen LogP contribution in [0.25, 0.3) is 5.69 Å². The van der Waals surface area contributed by atoms with E-state index in [1.54, 1.807) is 28.4 Å². The Morgan fingerprint density at radius 3 is 2.62 bits per heavy atom. The number of carbonyl (C=O) groups excluding carboxylic acids is 1. The number of rotatable bonds is 6. The molecule has 2 amide bonds. The van der Waals surface area contributed by atoms with Gasteiger partial charge in [0.1, 0.15) is 18.4 Å². The van der Waals surface area contributed by atoms with Crippen LogP contribution in [-0.4, -0.2) is 31.7 Å². The molecule has 0 unspecified atom stereocenters. The molecule has 0 aliphatic rings. The van der Waals surface area contributed by atoms with Gasteiger partial charge in [0, 0.05) is 11.7 Å². The number of nitrogens with one attached hydrogen (secondary N) is 1. The van der Waals surface area contributed by atoms with E-state index < -0.39 is 0 Å². The predicted molar refractivity (Wildman–Crippen MR) is 98.9 cm³/mol. The summed E-state index contributed by atoms with van der Waals surface area (Å²) in [6, 6.07) is 11.1. The minimum absolute atomic E-state index is 0.0566. The normalized spacial score (nSPS) is 12.2. The van der Waals surface area contributed by atoms with Gasteiger partial charge in [0.2, 0.25) is 0 Å². The Bertz CT molecular complexity index is 828. The zero-order valence-electron chi connectivity index (χ0n) is 15.2. The molecular formula is C19H23N5O2. The molecule has 7 nitrogen and oxygen atoms in total. The predicted octanol–water partition coefficient (Wildman–Crippen LogP) is 3.94. The number of aromatic nitrogens is 3. The maximum atomic E-state index is 12.9. The van der Waals surface area contributed by atoms with Crippen LogP contribution >= 0.6 is 0 Å². The summed E-state index contributed by atoms with van der Waals surface area (Å²) in [5.41, 5.74) is 1.59. The molecule has 0 fully saturated rings. The molecule has 0 spiro atoms. The summed E-state index contributed by atoms with van der Waals surface area (Å²) < 4.78 is 7.21. The fourth-order valence-electron chi connectivity index (χ4n) is 2.60. The third-order valence-corrected chi connectivity index (χ3v) is 4.44. The first kappa shape index (κ1) is 17.7. The fourth-order valence-corrected chi connectivity index (χ4v) is 2.60. The summed E-state index contributed by atoms with van der Waals surface area (Å²) in [6.45, 7) is 6.66. The van der Waals surface area contributed by atoms with Crippen LogP contribution in [0.2, 0.25) is 0 Å². The van der Waals surface area contributed by atoms with Crippen LogP contribution in [0, 0.1) is 5.92 Å². The van der Waals surface area contributed by atoms with Crippen molar-refractivity contribution in [2.75, 3.05) is 5.32 Å². The number of amides is 2. The van der Waals surface area contributed by atoms with E-state index in [4.69, 9.17) is 4.42 Å². The second-order valence-corrected chi connectivity index (χ2v) is 6.54. The number of hydrogen-bond donors (Lipinski definition) is 1. The van der Waals surface area contributed by atoms with E-state index in [1.807, 2.05) is 43.3 Å². The lowest BCUT2D eigenvalue weighted by atomic mass is 10.0. The van der Waals surface area contributed by atoms with Gasteiger partial charge in [-0.3, -0.25) is 4.57 Å². The number of furan rings is 1. The highest BCUT2D eigenvalue weighted by molar-refractivity contribution is 5.89. The zero-order valence-corrected chi connectivity index (χ0v) is 15.2. The molecule has 3 rings (SSSR count).